The third-order valence-electron chi connectivity index (χ3n) is 5.84. The molecule has 0 saturated carbocycles. The normalized spacial score (nSPS) is 14.9. The van der Waals surface area contributed by atoms with E-state index in [9.17, 15) is 13.6 Å². The SMILES string of the molecule is O=C(O)CCSC1c2ccccc2COc2ccc(/C=C/c3ccc4cc(F)c(F)cc4n3)cc21. The lowest BCUT2D eigenvalue weighted by Crippen LogP contribution is -2.03. The first-order chi connectivity index (χ1) is 17.0. The first kappa shape index (κ1) is 23.1. The Balaban J connectivity index is 1.47. The van der Waals surface area contributed by atoms with Crippen LogP contribution in [0.15, 0.2) is 66.7 Å². The number of aromatic nitrogens is 1. The molecule has 1 atom stereocenters. The number of nitrogens with zero attached hydrogens (tertiary/aromatic N) is 1. The summed E-state index contributed by atoms with van der Waals surface area (Å²) in [4.78, 5) is 15.5. The molecule has 176 valence electrons. The van der Waals surface area contributed by atoms with Gasteiger partial charge in [-0.3, -0.25) is 4.79 Å². The fraction of sp³-hybridized carbons (Fsp3) is 0.143. The van der Waals surface area contributed by atoms with Crippen LogP contribution in [0.5, 0.6) is 5.75 Å². The topological polar surface area (TPSA) is 59.4 Å². The van der Waals surface area contributed by atoms with Crippen LogP contribution in [0.4, 0.5) is 8.78 Å². The lowest BCUT2D eigenvalue weighted by molar-refractivity contribution is -0.136. The molecular formula is C28H21F2NO3S. The molecule has 4 nitrogen and oxygen atoms in total. The first-order valence-corrected chi connectivity index (χ1v) is 12.1. The van der Waals surface area contributed by atoms with Gasteiger partial charge in [-0.25, -0.2) is 13.8 Å². The highest BCUT2D eigenvalue weighted by atomic mass is 32.2. The van der Waals surface area contributed by atoms with Gasteiger partial charge < -0.3 is 9.84 Å². The quantitative estimate of drug-likeness (QED) is 0.320. The predicted molar refractivity (Wildman–Crippen MR) is 134 cm³/mol. The second-order valence-electron chi connectivity index (χ2n) is 8.21. The number of carboxylic acids is 1. The molecule has 0 saturated heterocycles. The molecule has 0 spiro atoms. The Hall–Kier alpha value is -3.71. The van der Waals surface area contributed by atoms with Crippen LogP contribution in [0.3, 0.4) is 0 Å². The van der Waals surface area contributed by atoms with Crippen molar-refractivity contribution in [2.45, 2.75) is 18.3 Å². The molecule has 7 heteroatoms. The highest BCUT2D eigenvalue weighted by Crippen LogP contribution is 2.44. The molecule has 0 amide bonds. The van der Waals surface area contributed by atoms with E-state index in [2.05, 4.69) is 11.1 Å². The van der Waals surface area contributed by atoms with Gasteiger partial charge in [0.15, 0.2) is 11.6 Å². The maximum Gasteiger partial charge on any atom is 0.304 e. The highest BCUT2D eigenvalue weighted by Gasteiger charge is 2.25. The number of fused-ring (bicyclic) bond motifs is 3. The van der Waals surface area contributed by atoms with Crippen molar-refractivity contribution in [1.82, 2.24) is 4.98 Å². The van der Waals surface area contributed by atoms with E-state index >= 15 is 0 Å². The molecule has 0 bridgehead atoms. The average Bonchev–Trinajstić information content (AvgIpc) is 3.00. The number of benzene rings is 3. The van der Waals surface area contributed by atoms with Gasteiger partial charge in [0.05, 0.1) is 22.9 Å². The van der Waals surface area contributed by atoms with E-state index in [0.717, 1.165) is 40.1 Å². The molecule has 1 aliphatic heterocycles. The van der Waals surface area contributed by atoms with Gasteiger partial charge in [-0.1, -0.05) is 42.5 Å². The van der Waals surface area contributed by atoms with Gasteiger partial charge in [-0.05, 0) is 47.0 Å². The van der Waals surface area contributed by atoms with Crippen molar-refractivity contribution in [1.29, 1.82) is 0 Å². The number of carboxylic acid groups (broad SMARTS) is 1. The number of aliphatic carboxylic acids is 1. The lowest BCUT2D eigenvalue weighted by Gasteiger charge is -2.19. The van der Waals surface area contributed by atoms with Crippen molar-refractivity contribution in [2.24, 2.45) is 0 Å². The fourth-order valence-electron chi connectivity index (χ4n) is 4.10. The minimum atomic E-state index is -0.927. The third kappa shape index (κ3) is 5.05. The summed E-state index contributed by atoms with van der Waals surface area (Å²) in [5, 5.41) is 9.58. The van der Waals surface area contributed by atoms with Crippen LogP contribution in [0.2, 0.25) is 0 Å². The molecule has 1 N–H and O–H groups in total. The molecule has 4 aromatic rings. The van der Waals surface area contributed by atoms with Gasteiger partial charge in [0.2, 0.25) is 0 Å². The van der Waals surface area contributed by atoms with Crippen LogP contribution >= 0.6 is 11.8 Å². The smallest absolute Gasteiger partial charge is 0.304 e. The number of hydrogen-bond donors (Lipinski definition) is 1. The van der Waals surface area contributed by atoms with Gasteiger partial charge in [-0.2, -0.15) is 0 Å². The van der Waals surface area contributed by atoms with Crippen molar-refractivity contribution in [3.63, 3.8) is 0 Å². The van der Waals surface area contributed by atoms with E-state index in [1.165, 1.54) is 0 Å². The van der Waals surface area contributed by atoms with E-state index in [0.29, 0.717) is 29.0 Å². The molecule has 5 rings (SSSR count). The largest absolute Gasteiger partial charge is 0.489 e. The minimum absolute atomic E-state index is 0.0620. The van der Waals surface area contributed by atoms with Gasteiger partial charge in [0.1, 0.15) is 12.4 Å². The maximum atomic E-state index is 13.6. The number of thioether (sulfide) groups is 1. The van der Waals surface area contributed by atoms with Gasteiger partial charge in [-0.15, -0.1) is 11.8 Å². The average molecular weight is 490 g/mol. The van der Waals surface area contributed by atoms with Crippen LogP contribution in [-0.4, -0.2) is 21.8 Å². The zero-order valence-electron chi connectivity index (χ0n) is 18.6. The van der Waals surface area contributed by atoms with E-state index in [1.54, 1.807) is 23.9 Å². The minimum Gasteiger partial charge on any atom is -0.489 e. The highest BCUT2D eigenvalue weighted by molar-refractivity contribution is 7.99. The van der Waals surface area contributed by atoms with E-state index in [1.807, 2.05) is 48.6 Å². The standard InChI is InChI=1S/C28H21F2NO3S/c29-23-14-18-7-9-20(31-25(18)15-24(23)30)8-5-17-6-10-26-22(13-17)28(35-12-11-27(32)33)21-4-2-1-3-19(21)16-34-26/h1-10,13-15,28H,11-12,16H2,(H,32,33)/b8-5+. The van der Waals surface area contributed by atoms with E-state index in [-0.39, 0.29) is 11.7 Å². The summed E-state index contributed by atoms with van der Waals surface area (Å²) in [6.45, 7) is 0.451. The van der Waals surface area contributed by atoms with Crippen LogP contribution in [0.25, 0.3) is 23.1 Å². The summed E-state index contributed by atoms with van der Waals surface area (Å²) in [6, 6.07) is 19.7. The number of ether oxygens (including phenoxy) is 1. The molecule has 35 heavy (non-hydrogen) atoms. The monoisotopic (exact) mass is 489 g/mol. The van der Waals surface area contributed by atoms with Crippen molar-refractivity contribution in [2.75, 3.05) is 5.75 Å². The molecule has 1 aromatic heterocycles. The Morgan fingerprint density at radius 2 is 1.86 bits per heavy atom. The summed E-state index contributed by atoms with van der Waals surface area (Å²) in [7, 11) is 0. The zero-order valence-corrected chi connectivity index (χ0v) is 19.4. The summed E-state index contributed by atoms with van der Waals surface area (Å²) in [5.74, 6) is -1.40. The van der Waals surface area contributed by atoms with Crippen molar-refractivity contribution < 1.29 is 23.4 Å². The molecule has 0 radical (unpaired) electrons. The fourth-order valence-corrected chi connectivity index (χ4v) is 5.40. The van der Waals surface area contributed by atoms with Crippen LogP contribution in [-0.2, 0) is 11.4 Å². The molecule has 2 heterocycles. The van der Waals surface area contributed by atoms with E-state index < -0.39 is 17.6 Å². The summed E-state index contributed by atoms with van der Waals surface area (Å²) in [5.41, 5.74) is 5.10. The van der Waals surface area contributed by atoms with E-state index in [4.69, 9.17) is 9.84 Å². The third-order valence-corrected chi connectivity index (χ3v) is 7.12. The molecule has 0 aliphatic carbocycles. The summed E-state index contributed by atoms with van der Waals surface area (Å²) < 4.78 is 33.2. The summed E-state index contributed by atoms with van der Waals surface area (Å²) in [6.07, 6.45) is 3.81. The molecule has 0 fully saturated rings. The van der Waals surface area contributed by atoms with Crippen molar-refractivity contribution >= 4 is 40.8 Å². The Labute approximate surface area is 205 Å². The first-order valence-electron chi connectivity index (χ1n) is 11.1. The Bertz CT molecular complexity index is 1450. The van der Waals surface area contributed by atoms with Crippen LogP contribution in [0.1, 0.15) is 39.6 Å². The predicted octanol–water partition coefficient (Wildman–Crippen LogP) is 6.87. The lowest BCUT2D eigenvalue weighted by atomic mass is 9.98. The molecular weight excluding hydrogens is 468 g/mol. The summed E-state index contributed by atoms with van der Waals surface area (Å²) >= 11 is 1.59. The van der Waals surface area contributed by atoms with Crippen LogP contribution in [0, 0.1) is 11.6 Å². The number of rotatable bonds is 6. The second kappa shape index (κ2) is 9.88. The van der Waals surface area contributed by atoms with Crippen molar-refractivity contribution in [3.8, 4) is 5.75 Å². The Morgan fingerprint density at radius 1 is 1.03 bits per heavy atom. The Kier molecular flexibility index (Phi) is 6.51. The van der Waals surface area contributed by atoms with Gasteiger partial charge in [0, 0.05) is 22.8 Å². The number of carbonyl (C=O) groups is 1. The number of hydrogen-bond acceptors (Lipinski definition) is 4. The van der Waals surface area contributed by atoms with Crippen molar-refractivity contribution in [3.05, 3.63) is 106 Å². The zero-order chi connectivity index (χ0) is 24.4. The maximum absolute atomic E-state index is 13.6. The second-order valence-corrected chi connectivity index (χ2v) is 9.42. The van der Waals surface area contributed by atoms with Gasteiger partial charge >= 0.3 is 5.97 Å². The molecule has 1 aliphatic rings. The number of halogens is 2. The Morgan fingerprint density at radius 3 is 2.71 bits per heavy atom. The van der Waals surface area contributed by atoms with Crippen LogP contribution < -0.4 is 4.74 Å². The van der Waals surface area contributed by atoms with Gasteiger partial charge in [0.25, 0.3) is 0 Å². The molecule has 1 unspecified atom stereocenters. The number of pyridine rings is 1. The molecule has 3 aromatic carbocycles.